The molecular weight excluding hydrogens is 408 g/mol. The Morgan fingerprint density at radius 3 is 2.72 bits per heavy atom. The van der Waals surface area contributed by atoms with Crippen LogP contribution < -0.4 is 0 Å². The molecule has 2 saturated heterocycles. The highest BCUT2D eigenvalue weighted by atomic mass is 16.6. The maximum absolute atomic E-state index is 12.4. The Balaban J connectivity index is 1.47. The van der Waals surface area contributed by atoms with Crippen LogP contribution >= 0.6 is 0 Å². The van der Waals surface area contributed by atoms with E-state index in [1.54, 1.807) is 0 Å². The number of hydrogen-bond donors (Lipinski definition) is 0. The summed E-state index contributed by atoms with van der Waals surface area (Å²) in [7, 11) is 1.39. The number of ketones is 1. The van der Waals surface area contributed by atoms with E-state index in [0.717, 1.165) is 32.1 Å². The summed E-state index contributed by atoms with van der Waals surface area (Å²) in [5.41, 5.74) is 0.182. The van der Waals surface area contributed by atoms with Crippen molar-refractivity contribution in [3.05, 3.63) is 23.8 Å². The zero-order valence-corrected chi connectivity index (χ0v) is 19.1. The number of allylic oxidation sites excluding steroid dienone is 2. The lowest BCUT2D eigenvalue weighted by atomic mass is 9.44. The number of ether oxygens (including phenoxy) is 3. The first-order valence-electron chi connectivity index (χ1n) is 12.1. The van der Waals surface area contributed by atoms with Gasteiger partial charge in [0.15, 0.2) is 0 Å². The van der Waals surface area contributed by atoms with Gasteiger partial charge in [-0.15, -0.1) is 0 Å². The molecule has 0 radical (unpaired) electrons. The van der Waals surface area contributed by atoms with Crippen molar-refractivity contribution in [3.8, 4) is 0 Å². The van der Waals surface area contributed by atoms with Gasteiger partial charge in [0, 0.05) is 48.0 Å². The van der Waals surface area contributed by atoms with Crippen LogP contribution in [0.15, 0.2) is 23.8 Å². The maximum atomic E-state index is 12.4. The smallest absolute Gasteiger partial charge is 0.330 e. The highest BCUT2D eigenvalue weighted by Gasteiger charge is 2.82. The SMILES string of the molecule is COC(=O)C=C[C@@H]1C=C2CC(=O)CC[C@]2(C)[C@@]23O[C@@H]2C[C@@]2(C)C(CC[C@@]24CCC(=O)O4)C13. The first-order chi connectivity index (χ1) is 15.2. The molecule has 4 aliphatic carbocycles. The lowest BCUT2D eigenvalue weighted by Crippen LogP contribution is -2.61. The highest BCUT2D eigenvalue weighted by Crippen LogP contribution is 2.77. The second kappa shape index (κ2) is 6.34. The number of carbonyl (C=O) groups excluding carboxylic acids is 3. The highest BCUT2D eigenvalue weighted by molar-refractivity contribution is 5.83. The molecule has 2 aliphatic heterocycles. The van der Waals surface area contributed by atoms with Gasteiger partial charge in [-0.1, -0.05) is 31.6 Å². The lowest BCUT2D eigenvalue weighted by molar-refractivity contribution is -0.164. The Labute approximate surface area is 188 Å². The van der Waals surface area contributed by atoms with Crippen molar-refractivity contribution >= 4 is 17.7 Å². The molecule has 3 saturated carbocycles. The van der Waals surface area contributed by atoms with E-state index in [9.17, 15) is 14.4 Å². The summed E-state index contributed by atoms with van der Waals surface area (Å²) < 4.78 is 17.7. The number of rotatable bonds is 2. The molecule has 6 rings (SSSR count). The molecule has 6 nitrogen and oxygen atoms in total. The summed E-state index contributed by atoms with van der Waals surface area (Å²) in [5.74, 6) is 0.343. The van der Waals surface area contributed by atoms with Crippen molar-refractivity contribution in [1.82, 2.24) is 0 Å². The molecule has 6 heteroatoms. The Hall–Kier alpha value is -1.95. The summed E-state index contributed by atoms with van der Waals surface area (Å²) in [6.07, 6.45) is 11.8. The number of esters is 2. The fourth-order valence-electron chi connectivity index (χ4n) is 8.73. The van der Waals surface area contributed by atoms with Gasteiger partial charge in [-0.3, -0.25) is 9.59 Å². The number of carbonyl (C=O) groups is 3. The minimum Gasteiger partial charge on any atom is -0.466 e. The summed E-state index contributed by atoms with van der Waals surface area (Å²) in [5, 5.41) is 0. The van der Waals surface area contributed by atoms with E-state index >= 15 is 0 Å². The number of hydrogen-bond acceptors (Lipinski definition) is 6. The normalized spacial score (nSPS) is 50.9. The molecule has 172 valence electrons. The summed E-state index contributed by atoms with van der Waals surface area (Å²) in [4.78, 5) is 36.5. The van der Waals surface area contributed by atoms with Gasteiger partial charge in [-0.2, -0.15) is 0 Å². The van der Waals surface area contributed by atoms with Crippen molar-refractivity contribution in [1.29, 1.82) is 0 Å². The summed E-state index contributed by atoms with van der Waals surface area (Å²) in [6.45, 7) is 4.60. The molecule has 8 atom stereocenters. The predicted octanol–water partition coefficient (Wildman–Crippen LogP) is 3.68. The molecule has 32 heavy (non-hydrogen) atoms. The van der Waals surface area contributed by atoms with E-state index in [0.29, 0.717) is 25.2 Å². The molecule has 2 heterocycles. The number of fused-ring (bicyclic) bond motifs is 4. The van der Waals surface area contributed by atoms with Crippen LogP contribution in [0.3, 0.4) is 0 Å². The van der Waals surface area contributed by atoms with E-state index in [1.807, 2.05) is 6.08 Å². The number of epoxide rings is 1. The first kappa shape index (κ1) is 20.6. The van der Waals surface area contributed by atoms with Gasteiger partial charge in [0.25, 0.3) is 0 Å². The Bertz CT molecular complexity index is 981. The molecule has 0 aromatic rings. The Morgan fingerprint density at radius 2 is 2.00 bits per heavy atom. The molecule has 0 bridgehead atoms. The Morgan fingerprint density at radius 1 is 1.19 bits per heavy atom. The molecule has 0 amide bonds. The lowest BCUT2D eigenvalue weighted by Gasteiger charge is -2.58. The molecule has 0 N–H and O–H groups in total. The van der Waals surface area contributed by atoms with Crippen LogP contribution in [-0.4, -0.2) is 42.1 Å². The van der Waals surface area contributed by atoms with E-state index in [4.69, 9.17) is 14.2 Å². The standard InChI is InChI=1S/C26H32O6/c1-23-9-6-17(27)13-16(23)12-15(4-5-20(28)30-3)22-18-7-10-25(11-8-21(29)32-25)24(18,2)14-19-26(22,23)31-19/h4-5,12,15,18-19,22H,6-11,13-14H2,1-3H3/t15-,18?,19-,22?,23+,24+,25-,26-/m1/s1. The van der Waals surface area contributed by atoms with Crippen LogP contribution in [0, 0.1) is 28.6 Å². The largest absolute Gasteiger partial charge is 0.466 e. The molecule has 2 unspecified atom stereocenters. The van der Waals surface area contributed by atoms with Crippen molar-refractivity contribution < 1.29 is 28.6 Å². The van der Waals surface area contributed by atoms with Crippen LogP contribution in [0.4, 0.5) is 0 Å². The quantitative estimate of drug-likeness (QED) is 0.282. The summed E-state index contributed by atoms with van der Waals surface area (Å²) >= 11 is 0. The molecule has 6 aliphatic rings. The molecule has 0 aromatic heterocycles. The third kappa shape index (κ3) is 2.32. The van der Waals surface area contributed by atoms with Crippen LogP contribution in [0.5, 0.6) is 0 Å². The van der Waals surface area contributed by atoms with Crippen LogP contribution in [0.1, 0.15) is 65.2 Å². The summed E-state index contributed by atoms with van der Waals surface area (Å²) in [6, 6.07) is 0. The van der Waals surface area contributed by atoms with Gasteiger partial charge in [-0.25, -0.2) is 4.79 Å². The molecule has 5 fully saturated rings. The number of Topliss-reactive ketones (excluding diaryl/α,β-unsaturated/α-hetero) is 1. The number of methoxy groups -OCH3 is 1. The fraction of sp³-hybridized carbons (Fsp3) is 0.731. The van der Waals surface area contributed by atoms with Gasteiger partial charge in [0.05, 0.1) is 13.2 Å². The van der Waals surface area contributed by atoms with Gasteiger partial charge >= 0.3 is 11.9 Å². The van der Waals surface area contributed by atoms with E-state index in [2.05, 4.69) is 19.9 Å². The van der Waals surface area contributed by atoms with Crippen LogP contribution in [0.2, 0.25) is 0 Å². The van der Waals surface area contributed by atoms with Crippen molar-refractivity contribution in [2.75, 3.05) is 7.11 Å². The van der Waals surface area contributed by atoms with Crippen LogP contribution in [-0.2, 0) is 28.6 Å². The average Bonchev–Trinajstić information content (AvgIpc) is 3.24. The minimum absolute atomic E-state index is 0.00930. The van der Waals surface area contributed by atoms with Crippen molar-refractivity contribution in [2.24, 2.45) is 28.6 Å². The Kier molecular flexibility index (Phi) is 4.09. The molecule has 2 spiro atoms. The first-order valence-corrected chi connectivity index (χ1v) is 12.1. The molecule has 0 aromatic carbocycles. The van der Waals surface area contributed by atoms with E-state index < -0.39 is 5.60 Å². The third-order valence-corrected chi connectivity index (χ3v) is 10.4. The van der Waals surface area contributed by atoms with Gasteiger partial charge in [0.2, 0.25) is 0 Å². The van der Waals surface area contributed by atoms with Crippen molar-refractivity contribution in [2.45, 2.75) is 82.5 Å². The second-order valence-electron chi connectivity index (χ2n) is 11.4. The minimum atomic E-state index is -0.392. The van der Waals surface area contributed by atoms with Gasteiger partial charge < -0.3 is 14.2 Å². The topological polar surface area (TPSA) is 82.2 Å². The van der Waals surface area contributed by atoms with E-state index in [1.165, 1.54) is 18.8 Å². The van der Waals surface area contributed by atoms with Gasteiger partial charge in [-0.05, 0) is 38.0 Å². The van der Waals surface area contributed by atoms with Gasteiger partial charge in [0.1, 0.15) is 17.0 Å². The average molecular weight is 441 g/mol. The van der Waals surface area contributed by atoms with Crippen molar-refractivity contribution in [3.63, 3.8) is 0 Å². The predicted molar refractivity (Wildman–Crippen MR) is 114 cm³/mol. The fourth-order valence-corrected chi connectivity index (χ4v) is 8.73. The monoisotopic (exact) mass is 440 g/mol. The zero-order valence-electron chi connectivity index (χ0n) is 19.1. The second-order valence-corrected chi connectivity index (χ2v) is 11.4. The van der Waals surface area contributed by atoms with E-state index in [-0.39, 0.29) is 52.1 Å². The molecular formula is C26H32O6. The van der Waals surface area contributed by atoms with Crippen LogP contribution in [0.25, 0.3) is 0 Å². The zero-order chi connectivity index (χ0) is 22.5. The third-order valence-electron chi connectivity index (χ3n) is 10.4. The maximum Gasteiger partial charge on any atom is 0.330 e.